The standard InChI is InChI=1S/C18H22N2O4S/c1-3-24-15-9-11-16(12-10-15)25(22,23)20-17(18(21)19-2)13-14-7-5-4-6-8-14/h4-12,17,20H,3,13H2,1-2H3,(H,19,21)/t17-/m0/s1. The highest BCUT2D eigenvalue weighted by Gasteiger charge is 2.25. The van der Waals surface area contributed by atoms with E-state index in [0.717, 1.165) is 5.56 Å². The molecule has 1 amide bonds. The van der Waals surface area contributed by atoms with E-state index in [2.05, 4.69) is 10.0 Å². The molecule has 2 rings (SSSR count). The van der Waals surface area contributed by atoms with Gasteiger partial charge in [0.05, 0.1) is 11.5 Å². The van der Waals surface area contributed by atoms with Gasteiger partial charge in [-0.25, -0.2) is 8.42 Å². The third-order valence-corrected chi connectivity index (χ3v) is 5.08. The normalized spacial score (nSPS) is 12.4. The first-order valence-electron chi connectivity index (χ1n) is 7.97. The lowest BCUT2D eigenvalue weighted by Crippen LogP contribution is -2.46. The van der Waals surface area contributed by atoms with Gasteiger partial charge in [-0.2, -0.15) is 4.72 Å². The fraction of sp³-hybridized carbons (Fsp3) is 0.278. The van der Waals surface area contributed by atoms with Crippen LogP contribution in [0.3, 0.4) is 0 Å². The van der Waals surface area contributed by atoms with E-state index in [1.54, 1.807) is 12.1 Å². The van der Waals surface area contributed by atoms with Crippen LogP contribution >= 0.6 is 0 Å². The van der Waals surface area contributed by atoms with Crippen molar-refractivity contribution >= 4 is 15.9 Å². The number of nitrogens with one attached hydrogen (secondary N) is 2. The van der Waals surface area contributed by atoms with E-state index in [9.17, 15) is 13.2 Å². The Kier molecular flexibility index (Phi) is 6.55. The first-order chi connectivity index (χ1) is 12.0. The lowest BCUT2D eigenvalue weighted by Gasteiger charge is -2.17. The molecule has 0 aromatic heterocycles. The Bertz CT molecular complexity index is 790. The summed E-state index contributed by atoms with van der Waals surface area (Å²) in [5.74, 6) is 0.201. The average Bonchev–Trinajstić information content (AvgIpc) is 2.62. The number of carbonyl (C=O) groups is 1. The summed E-state index contributed by atoms with van der Waals surface area (Å²) < 4.78 is 33.0. The molecule has 134 valence electrons. The van der Waals surface area contributed by atoms with Crippen LogP contribution in [-0.2, 0) is 21.2 Å². The molecule has 2 aromatic carbocycles. The van der Waals surface area contributed by atoms with Crippen LogP contribution < -0.4 is 14.8 Å². The molecule has 2 aromatic rings. The molecule has 0 aliphatic heterocycles. The number of sulfonamides is 1. The maximum atomic E-state index is 12.6. The molecule has 0 aliphatic rings. The zero-order valence-corrected chi connectivity index (χ0v) is 15.0. The molecule has 0 radical (unpaired) electrons. The molecule has 0 heterocycles. The van der Waals surface area contributed by atoms with Crippen molar-refractivity contribution in [2.45, 2.75) is 24.3 Å². The number of amides is 1. The van der Waals surface area contributed by atoms with Crippen LogP contribution in [-0.4, -0.2) is 34.0 Å². The van der Waals surface area contributed by atoms with Gasteiger partial charge in [0, 0.05) is 7.05 Å². The fourth-order valence-corrected chi connectivity index (χ4v) is 3.54. The number of rotatable bonds is 8. The van der Waals surface area contributed by atoms with Gasteiger partial charge >= 0.3 is 0 Å². The van der Waals surface area contributed by atoms with Crippen LogP contribution in [0.25, 0.3) is 0 Å². The van der Waals surface area contributed by atoms with Crippen molar-refractivity contribution in [3.8, 4) is 5.75 Å². The Balaban J connectivity index is 2.19. The molecule has 0 aliphatic carbocycles. The summed E-state index contributed by atoms with van der Waals surface area (Å²) in [7, 11) is -2.36. The Hall–Kier alpha value is -2.38. The van der Waals surface area contributed by atoms with E-state index >= 15 is 0 Å². The molecule has 1 atom stereocenters. The van der Waals surface area contributed by atoms with Crippen LogP contribution in [0, 0.1) is 0 Å². The molecule has 0 spiro atoms. The Morgan fingerprint density at radius 3 is 2.28 bits per heavy atom. The number of ether oxygens (including phenoxy) is 1. The monoisotopic (exact) mass is 362 g/mol. The van der Waals surface area contributed by atoms with E-state index in [0.29, 0.717) is 12.4 Å². The zero-order chi connectivity index (χ0) is 18.3. The molecular weight excluding hydrogens is 340 g/mol. The van der Waals surface area contributed by atoms with Gasteiger partial charge in [-0.3, -0.25) is 4.79 Å². The Morgan fingerprint density at radius 1 is 1.08 bits per heavy atom. The highest BCUT2D eigenvalue weighted by Crippen LogP contribution is 2.16. The third-order valence-electron chi connectivity index (χ3n) is 3.59. The summed E-state index contributed by atoms with van der Waals surface area (Å²) in [6.07, 6.45) is 0.261. The van der Waals surface area contributed by atoms with Crippen molar-refractivity contribution in [3.63, 3.8) is 0 Å². The largest absolute Gasteiger partial charge is 0.494 e. The quantitative estimate of drug-likeness (QED) is 0.749. The van der Waals surface area contributed by atoms with E-state index in [1.165, 1.54) is 19.2 Å². The summed E-state index contributed by atoms with van der Waals surface area (Å²) in [5, 5.41) is 2.50. The van der Waals surface area contributed by atoms with Gasteiger partial charge in [-0.15, -0.1) is 0 Å². The second-order valence-electron chi connectivity index (χ2n) is 5.38. The summed E-state index contributed by atoms with van der Waals surface area (Å²) in [4.78, 5) is 12.2. The fourth-order valence-electron chi connectivity index (χ4n) is 2.35. The lowest BCUT2D eigenvalue weighted by atomic mass is 10.1. The summed E-state index contributed by atoms with van der Waals surface area (Å²) >= 11 is 0. The van der Waals surface area contributed by atoms with Gasteiger partial charge in [0.25, 0.3) is 0 Å². The third kappa shape index (κ3) is 5.30. The number of hydrogen-bond donors (Lipinski definition) is 2. The van der Waals surface area contributed by atoms with Gasteiger partial charge in [0.1, 0.15) is 11.8 Å². The second kappa shape index (κ2) is 8.64. The molecule has 2 N–H and O–H groups in total. The van der Waals surface area contributed by atoms with E-state index < -0.39 is 22.0 Å². The minimum Gasteiger partial charge on any atom is -0.494 e. The van der Waals surface area contributed by atoms with Gasteiger partial charge < -0.3 is 10.1 Å². The first-order valence-corrected chi connectivity index (χ1v) is 9.45. The van der Waals surface area contributed by atoms with Crippen LogP contribution in [0.5, 0.6) is 5.75 Å². The average molecular weight is 362 g/mol. The molecule has 0 bridgehead atoms. The zero-order valence-electron chi connectivity index (χ0n) is 14.2. The SMILES string of the molecule is CCOc1ccc(S(=O)(=O)N[C@@H](Cc2ccccc2)C(=O)NC)cc1. The van der Waals surface area contributed by atoms with E-state index in [1.807, 2.05) is 37.3 Å². The molecule has 0 fully saturated rings. The Morgan fingerprint density at radius 2 is 1.72 bits per heavy atom. The van der Waals surface area contributed by atoms with E-state index in [4.69, 9.17) is 4.74 Å². The number of benzene rings is 2. The molecule has 25 heavy (non-hydrogen) atoms. The molecular formula is C18H22N2O4S. The number of hydrogen-bond acceptors (Lipinski definition) is 4. The van der Waals surface area contributed by atoms with Crippen molar-refractivity contribution in [2.24, 2.45) is 0 Å². The van der Waals surface area contributed by atoms with Crippen LogP contribution in [0.1, 0.15) is 12.5 Å². The minimum absolute atomic E-state index is 0.0814. The number of carbonyl (C=O) groups excluding carboxylic acids is 1. The van der Waals surface area contributed by atoms with Gasteiger partial charge in [-0.05, 0) is 43.2 Å². The maximum absolute atomic E-state index is 12.6. The lowest BCUT2D eigenvalue weighted by molar-refractivity contribution is -0.122. The second-order valence-corrected chi connectivity index (χ2v) is 7.10. The van der Waals surface area contributed by atoms with Crippen molar-refractivity contribution in [1.82, 2.24) is 10.0 Å². The number of likely N-dealkylation sites (N-methyl/N-ethyl adjacent to an activating group) is 1. The molecule has 6 nitrogen and oxygen atoms in total. The van der Waals surface area contributed by atoms with Crippen molar-refractivity contribution < 1.29 is 17.9 Å². The predicted molar refractivity (Wildman–Crippen MR) is 95.9 cm³/mol. The predicted octanol–water partition coefficient (Wildman–Crippen LogP) is 1.72. The molecule has 0 saturated carbocycles. The van der Waals surface area contributed by atoms with Crippen LogP contribution in [0.15, 0.2) is 59.5 Å². The molecule has 0 unspecified atom stereocenters. The highest BCUT2D eigenvalue weighted by atomic mass is 32.2. The minimum atomic E-state index is -3.83. The topological polar surface area (TPSA) is 84.5 Å². The van der Waals surface area contributed by atoms with Gasteiger partial charge in [0.15, 0.2) is 0 Å². The first kappa shape index (κ1) is 19.0. The van der Waals surface area contributed by atoms with Gasteiger partial charge in [-0.1, -0.05) is 30.3 Å². The maximum Gasteiger partial charge on any atom is 0.241 e. The van der Waals surface area contributed by atoms with Gasteiger partial charge in [0.2, 0.25) is 15.9 Å². The van der Waals surface area contributed by atoms with Crippen LogP contribution in [0.2, 0.25) is 0 Å². The van der Waals surface area contributed by atoms with Crippen molar-refractivity contribution in [2.75, 3.05) is 13.7 Å². The van der Waals surface area contributed by atoms with Crippen molar-refractivity contribution in [1.29, 1.82) is 0 Å². The molecule has 7 heteroatoms. The summed E-state index contributed by atoms with van der Waals surface area (Å²) in [5.41, 5.74) is 0.866. The summed E-state index contributed by atoms with van der Waals surface area (Å²) in [6, 6.07) is 14.4. The smallest absolute Gasteiger partial charge is 0.241 e. The Labute approximate surface area is 148 Å². The van der Waals surface area contributed by atoms with Crippen molar-refractivity contribution in [3.05, 3.63) is 60.2 Å². The van der Waals surface area contributed by atoms with E-state index in [-0.39, 0.29) is 11.3 Å². The molecule has 0 saturated heterocycles. The summed E-state index contributed by atoms with van der Waals surface area (Å²) in [6.45, 7) is 2.35. The van der Waals surface area contributed by atoms with Crippen LogP contribution in [0.4, 0.5) is 0 Å². The highest BCUT2D eigenvalue weighted by molar-refractivity contribution is 7.89.